The molecule has 328 valence electrons. The van der Waals surface area contributed by atoms with Crippen LogP contribution in [-0.2, 0) is 4.74 Å². The van der Waals surface area contributed by atoms with Gasteiger partial charge >= 0.3 is 26.1 Å². The van der Waals surface area contributed by atoms with E-state index >= 15 is 0 Å². The van der Waals surface area contributed by atoms with Crippen LogP contribution in [0.5, 0.6) is 0 Å². The van der Waals surface area contributed by atoms with Crippen molar-refractivity contribution in [3.05, 3.63) is 29.5 Å². The Labute approximate surface area is 356 Å². The number of methoxy groups -OCH3 is 1. The number of carbonyl (C=O) groups is 1. The van der Waals surface area contributed by atoms with E-state index in [0.29, 0.717) is 41.8 Å². The standard InChI is InChI=1S/C21H35BN8O2.C19H32BN5O3/c1-5-16-14-28(11-12-30(16)17-7-9-29(10-8-17)22(4)31)19-15(3)25-18(13-24-19)20-26-27-21(32-20)23-6-2;1-5-15-13-23(18-14(2)22-17(12-21-18)19(26)28-4)10-11-25(15)16-6-8-24(9-7-16)20(3)27/h13,16-17,31H,5-12,14H2,1-4H3,(H,23,27);12,15-16,27H,5-11,13H2,1-4H3/t16-;15-/m00/s1. The summed E-state index contributed by atoms with van der Waals surface area (Å²) in [7, 11) is 0.652. The van der Waals surface area contributed by atoms with Crippen LogP contribution in [-0.4, -0.2) is 183 Å². The highest BCUT2D eigenvalue weighted by Gasteiger charge is 2.36. The van der Waals surface area contributed by atoms with Crippen molar-refractivity contribution >= 4 is 37.7 Å². The fourth-order valence-corrected chi connectivity index (χ4v) is 9.42. The predicted molar refractivity (Wildman–Crippen MR) is 235 cm³/mol. The van der Waals surface area contributed by atoms with E-state index in [9.17, 15) is 14.8 Å². The van der Waals surface area contributed by atoms with Gasteiger partial charge in [0.2, 0.25) is 0 Å². The van der Waals surface area contributed by atoms with Gasteiger partial charge in [-0.25, -0.2) is 24.7 Å². The van der Waals surface area contributed by atoms with Gasteiger partial charge < -0.3 is 43.9 Å². The van der Waals surface area contributed by atoms with Gasteiger partial charge in [0, 0.05) is 70.0 Å². The summed E-state index contributed by atoms with van der Waals surface area (Å²) < 4.78 is 10.3. The number of carbonyl (C=O) groups excluding carboxylic acids is 1. The van der Waals surface area contributed by atoms with Gasteiger partial charge in [-0.05, 0) is 99.1 Å². The van der Waals surface area contributed by atoms with Crippen LogP contribution < -0.4 is 15.1 Å². The molecule has 60 heavy (non-hydrogen) atoms. The lowest BCUT2D eigenvalue weighted by molar-refractivity contribution is 0.0593. The number of esters is 1. The fraction of sp³-hybridized carbons (Fsp3) is 0.725. The molecule has 0 unspecified atom stereocenters. The molecule has 0 spiro atoms. The third-order valence-corrected chi connectivity index (χ3v) is 12.8. The number of nitrogens with one attached hydrogen (secondary N) is 1. The molecule has 4 saturated heterocycles. The van der Waals surface area contributed by atoms with E-state index in [2.05, 4.69) is 68.6 Å². The molecule has 4 aliphatic heterocycles. The maximum atomic E-state index is 11.7. The Morgan fingerprint density at radius 1 is 0.767 bits per heavy atom. The van der Waals surface area contributed by atoms with E-state index in [-0.39, 0.29) is 19.8 Å². The SMILES string of the molecule is CCNc1nnc(-c2cnc(N3CCN(C4CCN(B(C)O)CC4)[C@@H](CC)C3)c(C)n2)o1.CC[C@H]1CN(c2ncc(C(=O)OC)nc2C)CCN1C1CCN(B(C)O)CC1. The zero-order valence-electron chi connectivity index (χ0n) is 37.1. The lowest BCUT2D eigenvalue weighted by atomic mass is 9.82. The number of piperazine rings is 2. The van der Waals surface area contributed by atoms with Crippen molar-refractivity contribution in [3.8, 4) is 11.6 Å². The normalized spacial score (nSPS) is 21.7. The van der Waals surface area contributed by atoms with E-state index in [1.54, 1.807) is 6.20 Å². The summed E-state index contributed by atoms with van der Waals surface area (Å²) in [6.07, 6.45) is 9.87. The maximum absolute atomic E-state index is 11.7. The molecular weight excluding hydrogens is 764 g/mol. The second-order valence-corrected chi connectivity index (χ2v) is 16.6. The van der Waals surface area contributed by atoms with Gasteiger partial charge in [-0.3, -0.25) is 9.80 Å². The van der Waals surface area contributed by atoms with Gasteiger partial charge in [-0.15, -0.1) is 5.10 Å². The number of piperidine rings is 2. The predicted octanol–water partition coefficient (Wildman–Crippen LogP) is 2.79. The summed E-state index contributed by atoms with van der Waals surface area (Å²) in [5, 5.41) is 30.7. The lowest BCUT2D eigenvalue weighted by Crippen LogP contribution is -2.59. The summed E-state index contributed by atoms with van der Waals surface area (Å²) in [5.41, 5.74) is 2.48. The minimum Gasteiger partial charge on any atom is -0.464 e. The monoisotopic (exact) mass is 832 g/mol. The molecule has 0 bridgehead atoms. The number of ether oxygens (including phenoxy) is 1. The van der Waals surface area contributed by atoms with E-state index in [0.717, 1.165) is 134 Å². The van der Waals surface area contributed by atoms with E-state index in [1.807, 2.05) is 34.4 Å². The van der Waals surface area contributed by atoms with Gasteiger partial charge in [0.1, 0.15) is 17.3 Å². The van der Waals surface area contributed by atoms with E-state index in [1.165, 1.54) is 13.3 Å². The van der Waals surface area contributed by atoms with E-state index < -0.39 is 5.97 Å². The third kappa shape index (κ3) is 10.9. The fourth-order valence-electron chi connectivity index (χ4n) is 9.42. The number of hydrogen-bond acceptors (Lipinski definition) is 18. The minimum atomic E-state index is -0.457. The molecule has 7 heterocycles. The molecule has 4 fully saturated rings. The van der Waals surface area contributed by atoms with Gasteiger partial charge in [-0.1, -0.05) is 18.9 Å². The summed E-state index contributed by atoms with van der Waals surface area (Å²) >= 11 is 0. The maximum Gasteiger partial charge on any atom is 0.376 e. The van der Waals surface area contributed by atoms with Crippen LogP contribution in [0.25, 0.3) is 11.6 Å². The van der Waals surface area contributed by atoms with Gasteiger partial charge in [0.25, 0.3) is 5.89 Å². The van der Waals surface area contributed by atoms with Crippen molar-refractivity contribution in [3.63, 3.8) is 0 Å². The number of rotatable bonds is 12. The van der Waals surface area contributed by atoms with Crippen molar-refractivity contribution in [2.24, 2.45) is 0 Å². The molecule has 3 aromatic rings. The Morgan fingerprint density at radius 2 is 1.27 bits per heavy atom. The minimum absolute atomic E-state index is 0.249. The highest BCUT2D eigenvalue weighted by molar-refractivity contribution is 6.45. The van der Waals surface area contributed by atoms with Gasteiger partial charge in [0.15, 0.2) is 5.69 Å². The molecule has 0 aliphatic carbocycles. The summed E-state index contributed by atoms with van der Waals surface area (Å²) in [6, 6.07) is 2.53. The van der Waals surface area contributed by atoms with Crippen LogP contribution in [0.4, 0.5) is 17.7 Å². The van der Waals surface area contributed by atoms with Crippen LogP contribution in [0.15, 0.2) is 16.8 Å². The first kappa shape index (κ1) is 45.6. The Bertz CT molecular complexity index is 1830. The van der Waals surface area contributed by atoms with Crippen LogP contribution in [0.2, 0.25) is 13.6 Å². The molecule has 2 atom stereocenters. The lowest BCUT2D eigenvalue weighted by Gasteiger charge is -2.48. The highest BCUT2D eigenvalue weighted by Crippen LogP contribution is 2.29. The first-order valence-electron chi connectivity index (χ1n) is 22.1. The largest absolute Gasteiger partial charge is 0.464 e. The number of nitrogens with zero attached hydrogens (tertiary/aromatic N) is 12. The zero-order chi connectivity index (χ0) is 42.9. The van der Waals surface area contributed by atoms with Gasteiger partial charge in [-0.2, -0.15) is 0 Å². The molecule has 0 amide bonds. The quantitative estimate of drug-likeness (QED) is 0.178. The number of hydrogen-bond donors (Lipinski definition) is 3. The molecular formula is C40H67B2N13O5. The second kappa shape index (κ2) is 21.2. The molecule has 4 aliphatic rings. The summed E-state index contributed by atoms with van der Waals surface area (Å²) in [5.74, 6) is 1.71. The number of aromatic nitrogens is 6. The molecule has 0 saturated carbocycles. The Balaban J connectivity index is 0.000000203. The first-order valence-corrected chi connectivity index (χ1v) is 22.1. The molecule has 7 rings (SSSR count). The van der Waals surface area contributed by atoms with Crippen molar-refractivity contribution in [2.45, 2.75) is 111 Å². The van der Waals surface area contributed by atoms with Crippen LogP contribution in [0.1, 0.15) is 81.2 Å². The molecule has 0 radical (unpaired) electrons. The average molecular weight is 832 g/mol. The Hall–Kier alpha value is -3.94. The average Bonchev–Trinajstić information content (AvgIpc) is 3.74. The molecule has 18 nitrogen and oxygen atoms in total. The van der Waals surface area contributed by atoms with Crippen LogP contribution >= 0.6 is 0 Å². The summed E-state index contributed by atoms with van der Waals surface area (Å²) in [4.78, 5) is 44.3. The first-order chi connectivity index (χ1) is 28.9. The third-order valence-electron chi connectivity index (χ3n) is 12.8. The Morgan fingerprint density at radius 3 is 1.70 bits per heavy atom. The van der Waals surface area contributed by atoms with Crippen molar-refractivity contribution in [1.82, 2.24) is 49.6 Å². The molecule has 0 aromatic carbocycles. The van der Waals surface area contributed by atoms with Crippen molar-refractivity contribution < 1.29 is 24.0 Å². The molecule has 3 aromatic heterocycles. The molecule has 20 heteroatoms. The molecule has 3 N–H and O–H groups in total. The van der Waals surface area contributed by atoms with E-state index in [4.69, 9.17) is 19.1 Å². The van der Waals surface area contributed by atoms with Crippen molar-refractivity contribution in [1.29, 1.82) is 0 Å². The van der Waals surface area contributed by atoms with Crippen LogP contribution in [0, 0.1) is 13.8 Å². The van der Waals surface area contributed by atoms with Crippen LogP contribution in [0.3, 0.4) is 0 Å². The second-order valence-electron chi connectivity index (χ2n) is 16.6. The van der Waals surface area contributed by atoms with Crippen molar-refractivity contribution in [2.75, 3.05) is 94.2 Å². The Kier molecular flexibility index (Phi) is 16.1. The summed E-state index contributed by atoms with van der Waals surface area (Å²) in [6.45, 7) is 24.4. The highest BCUT2D eigenvalue weighted by atomic mass is 16.5. The number of aryl methyl sites for hydroxylation is 2. The topological polar surface area (TPSA) is 189 Å². The number of anilines is 3. The zero-order valence-corrected chi connectivity index (χ0v) is 37.1. The smallest absolute Gasteiger partial charge is 0.376 e. The van der Waals surface area contributed by atoms with Gasteiger partial charge in [0.05, 0.1) is 30.9 Å².